The molecule has 3 aromatic rings. The quantitative estimate of drug-likeness (QED) is 0.572. The molecule has 1 aromatic carbocycles. The van der Waals surface area contributed by atoms with Crippen molar-refractivity contribution in [1.82, 2.24) is 19.9 Å². The lowest BCUT2D eigenvalue weighted by atomic mass is 10.1. The van der Waals surface area contributed by atoms with Gasteiger partial charge in [-0.05, 0) is 54.5 Å². The van der Waals surface area contributed by atoms with Crippen molar-refractivity contribution in [2.24, 2.45) is 0 Å². The number of nitrogens with one attached hydrogen (secondary N) is 1. The maximum absolute atomic E-state index is 12.7. The number of ether oxygens (including phenoxy) is 1. The largest absolute Gasteiger partial charge is 0.573 e. The Bertz CT molecular complexity index is 1280. The van der Waals surface area contributed by atoms with E-state index in [9.17, 15) is 18.0 Å². The third-order valence-electron chi connectivity index (χ3n) is 6.11. The smallest absolute Gasteiger partial charge is 0.406 e. The van der Waals surface area contributed by atoms with Gasteiger partial charge in [0.05, 0.1) is 5.69 Å². The van der Waals surface area contributed by atoms with Gasteiger partial charge in [0, 0.05) is 55.7 Å². The van der Waals surface area contributed by atoms with E-state index in [1.807, 2.05) is 19.2 Å². The number of benzene rings is 1. The van der Waals surface area contributed by atoms with Crippen LogP contribution < -0.4 is 15.0 Å². The molecule has 0 spiro atoms. The summed E-state index contributed by atoms with van der Waals surface area (Å²) in [4.78, 5) is 29.9. The minimum Gasteiger partial charge on any atom is -0.406 e. The van der Waals surface area contributed by atoms with Crippen LogP contribution in [0.2, 0.25) is 0 Å². The van der Waals surface area contributed by atoms with Crippen LogP contribution in [-0.2, 0) is 6.42 Å². The molecule has 11 heteroatoms. The zero-order chi connectivity index (χ0) is 25.3. The number of allylic oxidation sites excluding steroid dienone is 1. The van der Waals surface area contributed by atoms with Crippen LogP contribution in [0.1, 0.15) is 22.5 Å². The van der Waals surface area contributed by atoms with Gasteiger partial charge in [-0.15, -0.1) is 13.2 Å². The van der Waals surface area contributed by atoms with Crippen LogP contribution in [-0.4, -0.2) is 58.4 Å². The van der Waals surface area contributed by atoms with Crippen LogP contribution in [0.5, 0.6) is 5.75 Å². The SMILES string of the molecule is Cc1ccc(C2=Cc3c(ncnc3N3CCN(C(=O)Nc4ccc(OC(F)(F)F)cc4)CC3)C2)cn1. The predicted molar refractivity (Wildman–Crippen MR) is 129 cm³/mol. The number of pyridine rings is 1. The second kappa shape index (κ2) is 9.48. The number of piperazine rings is 1. The molecule has 0 saturated carbocycles. The number of aryl methyl sites for hydroxylation is 1. The number of alkyl halides is 3. The number of hydrogen-bond acceptors (Lipinski definition) is 6. The minimum absolute atomic E-state index is 0.318. The lowest BCUT2D eigenvalue weighted by Crippen LogP contribution is -2.50. The Morgan fingerprint density at radius 1 is 1.00 bits per heavy atom. The van der Waals surface area contributed by atoms with Crippen molar-refractivity contribution < 1.29 is 22.7 Å². The molecule has 0 unspecified atom stereocenters. The van der Waals surface area contributed by atoms with E-state index < -0.39 is 6.36 Å². The average molecular weight is 496 g/mol. The fourth-order valence-corrected chi connectivity index (χ4v) is 4.27. The number of amides is 2. The van der Waals surface area contributed by atoms with Gasteiger partial charge in [-0.3, -0.25) is 4.98 Å². The summed E-state index contributed by atoms with van der Waals surface area (Å²) in [5.41, 5.74) is 5.51. The Hall–Kier alpha value is -4.15. The number of urea groups is 1. The summed E-state index contributed by atoms with van der Waals surface area (Å²) in [5.74, 6) is 0.498. The van der Waals surface area contributed by atoms with Crippen LogP contribution in [0.15, 0.2) is 48.9 Å². The number of aromatic nitrogens is 3. The monoisotopic (exact) mass is 496 g/mol. The molecule has 8 nitrogen and oxygen atoms in total. The van der Waals surface area contributed by atoms with Crippen molar-refractivity contribution in [3.05, 3.63) is 71.4 Å². The van der Waals surface area contributed by atoms with E-state index in [1.54, 1.807) is 11.2 Å². The fraction of sp³-hybridized carbons (Fsp3) is 0.280. The lowest BCUT2D eigenvalue weighted by molar-refractivity contribution is -0.274. The molecule has 0 bridgehead atoms. The first-order chi connectivity index (χ1) is 17.2. The van der Waals surface area contributed by atoms with Gasteiger partial charge in [0.25, 0.3) is 0 Å². The number of rotatable bonds is 4. The van der Waals surface area contributed by atoms with Gasteiger partial charge in [-0.1, -0.05) is 6.07 Å². The Morgan fingerprint density at radius 3 is 2.42 bits per heavy atom. The van der Waals surface area contributed by atoms with Gasteiger partial charge < -0.3 is 19.9 Å². The van der Waals surface area contributed by atoms with Crippen LogP contribution >= 0.6 is 0 Å². The second-order valence-corrected chi connectivity index (χ2v) is 8.57. The Morgan fingerprint density at radius 2 is 1.75 bits per heavy atom. The normalized spacial score (nSPS) is 15.4. The lowest BCUT2D eigenvalue weighted by Gasteiger charge is -2.35. The van der Waals surface area contributed by atoms with E-state index in [2.05, 4.69) is 42.0 Å². The maximum Gasteiger partial charge on any atom is 0.573 e. The van der Waals surface area contributed by atoms with Gasteiger partial charge in [-0.2, -0.15) is 0 Å². The number of carbonyl (C=O) groups excluding carboxylic acids is 1. The van der Waals surface area contributed by atoms with Gasteiger partial charge in [-0.25, -0.2) is 14.8 Å². The summed E-state index contributed by atoms with van der Waals surface area (Å²) in [6, 6.07) is 8.78. The highest BCUT2D eigenvalue weighted by Crippen LogP contribution is 2.35. The molecule has 2 amide bonds. The van der Waals surface area contributed by atoms with Crippen molar-refractivity contribution in [3.8, 4) is 5.75 Å². The molecule has 36 heavy (non-hydrogen) atoms. The third-order valence-corrected chi connectivity index (χ3v) is 6.11. The van der Waals surface area contributed by atoms with Crippen molar-refractivity contribution in [2.75, 3.05) is 36.4 Å². The van der Waals surface area contributed by atoms with Crippen molar-refractivity contribution in [3.63, 3.8) is 0 Å². The molecule has 2 aliphatic rings. The van der Waals surface area contributed by atoms with Gasteiger partial charge in [0.15, 0.2) is 0 Å². The van der Waals surface area contributed by atoms with E-state index in [0.717, 1.165) is 46.0 Å². The summed E-state index contributed by atoms with van der Waals surface area (Å²) in [7, 11) is 0. The average Bonchev–Trinajstić information content (AvgIpc) is 3.29. The second-order valence-electron chi connectivity index (χ2n) is 8.57. The first-order valence-electron chi connectivity index (χ1n) is 11.4. The van der Waals surface area contributed by atoms with E-state index in [-0.39, 0.29) is 11.8 Å². The fourth-order valence-electron chi connectivity index (χ4n) is 4.27. The first kappa shape index (κ1) is 23.6. The summed E-state index contributed by atoms with van der Waals surface area (Å²) in [6.45, 7) is 4.07. The number of carbonyl (C=O) groups is 1. The van der Waals surface area contributed by atoms with Gasteiger partial charge >= 0.3 is 12.4 Å². The molecule has 186 valence electrons. The van der Waals surface area contributed by atoms with Gasteiger partial charge in [0.1, 0.15) is 17.9 Å². The van der Waals surface area contributed by atoms with Crippen molar-refractivity contribution in [1.29, 1.82) is 0 Å². The molecular weight excluding hydrogens is 473 g/mol. The summed E-state index contributed by atoms with van der Waals surface area (Å²) in [6.07, 6.45) is 1.51. The Labute approximate surface area is 205 Å². The zero-order valence-corrected chi connectivity index (χ0v) is 19.4. The molecule has 0 atom stereocenters. The molecule has 3 heterocycles. The summed E-state index contributed by atoms with van der Waals surface area (Å²) in [5, 5.41) is 2.72. The molecular formula is C25H23F3N6O2. The topological polar surface area (TPSA) is 83.5 Å². The molecule has 0 radical (unpaired) electrons. The standard InChI is InChI=1S/C25H23F3N6O2/c1-16-2-3-17(14-29-16)18-12-21-22(13-18)30-15-31-23(21)33-8-10-34(11-9-33)24(35)32-19-4-6-20(7-5-19)36-25(26,27)28/h2-7,12,14-15H,8-11,13H2,1H3,(H,32,35). The van der Waals surface area contributed by atoms with Crippen molar-refractivity contribution >= 4 is 29.2 Å². The Balaban J connectivity index is 1.21. The molecule has 2 aromatic heterocycles. The predicted octanol–water partition coefficient (Wildman–Crippen LogP) is 4.53. The maximum atomic E-state index is 12.7. The van der Waals surface area contributed by atoms with Crippen LogP contribution in [0.4, 0.5) is 29.5 Å². The van der Waals surface area contributed by atoms with E-state index in [0.29, 0.717) is 38.3 Å². The minimum atomic E-state index is -4.76. The molecule has 1 N–H and O–H groups in total. The number of anilines is 2. The van der Waals surface area contributed by atoms with Crippen LogP contribution in [0.3, 0.4) is 0 Å². The zero-order valence-electron chi connectivity index (χ0n) is 19.4. The molecule has 1 aliphatic carbocycles. The van der Waals surface area contributed by atoms with Crippen molar-refractivity contribution in [2.45, 2.75) is 19.7 Å². The number of hydrogen-bond donors (Lipinski definition) is 1. The third kappa shape index (κ3) is 5.24. The highest BCUT2D eigenvalue weighted by Gasteiger charge is 2.31. The Kier molecular flexibility index (Phi) is 6.21. The molecule has 1 fully saturated rings. The molecule has 1 aliphatic heterocycles. The number of nitrogens with zero attached hydrogens (tertiary/aromatic N) is 5. The van der Waals surface area contributed by atoms with E-state index >= 15 is 0 Å². The highest BCUT2D eigenvalue weighted by atomic mass is 19.4. The van der Waals surface area contributed by atoms with Gasteiger partial charge in [0.2, 0.25) is 0 Å². The van der Waals surface area contributed by atoms with E-state index in [1.165, 1.54) is 12.1 Å². The molecule has 5 rings (SSSR count). The number of fused-ring (bicyclic) bond motifs is 1. The van der Waals surface area contributed by atoms with E-state index in [4.69, 9.17) is 0 Å². The number of halogens is 3. The summed E-state index contributed by atoms with van der Waals surface area (Å²) < 4.78 is 40.8. The van der Waals surface area contributed by atoms with Crippen LogP contribution in [0, 0.1) is 6.92 Å². The molecule has 1 saturated heterocycles. The summed E-state index contributed by atoms with van der Waals surface area (Å²) >= 11 is 0. The highest BCUT2D eigenvalue weighted by molar-refractivity contribution is 5.91. The first-order valence-corrected chi connectivity index (χ1v) is 11.4. The van der Waals surface area contributed by atoms with Crippen LogP contribution in [0.25, 0.3) is 11.6 Å².